The Labute approximate surface area is 116 Å². The molecule has 0 saturated carbocycles. The molecule has 6 nitrogen and oxygen atoms in total. The third-order valence-electron chi connectivity index (χ3n) is 2.58. The molecule has 106 valence electrons. The maximum absolute atomic E-state index is 11.9. The van der Waals surface area contributed by atoms with Crippen molar-refractivity contribution in [2.24, 2.45) is 0 Å². The largest absolute Gasteiger partial charge is 0.476 e. The van der Waals surface area contributed by atoms with Crippen LogP contribution in [0, 0.1) is 0 Å². The van der Waals surface area contributed by atoms with Crippen molar-refractivity contribution in [1.82, 2.24) is 15.6 Å². The van der Waals surface area contributed by atoms with E-state index in [2.05, 4.69) is 15.6 Å². The first-order valence-corrected chi connectivity index (χ1v) is 6.95. The Morgan fingerprint density at radius 1 is 1.47 bits per heavy atom. The number of nitrogens with one attached hydrogen (secondary N) is 2. The highest BCUT2D eigenvalue weighted by molar-refractivity contribution is 7.09. The van der Waals surface area contributed by atoms with Crippen molar-refractivity contribution in [2.45, 2.75) is 32.7 Å². The van der Waals surface area contributed by atoms with Crippen LogP contribution in [0.5, 0.6) is 0 Å². The number of carbonyl (C=O) groups excluding carboxylic acids is 1. The quantitative estimate of drug-likeness (QED) is 0.692. The van der Waals surface area contributed by atoms with E-state index >= 15 is 0 Å². The van der Waals surface area contributed by atoms with Crippen LogP contribution in [-0.2, 0) is 11.2 Å². The fourth-order valence-corrected chi connectivity index (χ4v) is 2.32. The van der Waals surface area contributed by atoms with Crippen molar-refractivity contribution in [3.05, 3.63) is 16.1 Å². The number of nitrogens with zero attached hydrogens (tertiary/aromatic N) is 1. The molecule has 0 unspecified atom stereocenters. The highest BCUT2D eigenvalue weighted by Crippen LogP contribution is 2.10. The molecule has 1 aromatic heterocycles. The average molecular weight is 285 g/mol. The second kappa shape index (κ2) is 6.63. The van der Waals surface area contributed by atoms with Gasteiger partial charge in [0.15, 0.2) is 5.69 Å². The Morgan fingerprint density at radius 2 is 2.16 bits per heavy atom. The first kappa shape index (κ1) is 15.6. The molecule has 0 aliphatic rings. The van der Waals surface area contributed by atoms with Crippen molar-refractivity contribution in [3.8, 4) is 0 Å². The summed E-state index contributed by atoms with van der Waals surface area (Å²) in [6.45, 7) is 6.74. The summed E-state index contributed by atoms with van der Waals surface area (Å²) < 4.78 is 0. The molecule has 0 aliphatic carbocycles. The Bertz CT molecular complexity index is 457. The minimum Gasteiger partial charge on any atom is -0.476 e. The van der Waals surface area contributed by atoms with Gasteiger partial charge in [-0.2, -0.15) is 0 Å². The van der Waals surface area contributed by atoms with Crippen LogP contribution >= 0.6 is 11.3 Å². The zero-order valence-electron chi connectivity index (χ0n) is 11.3. The van der Waals surface area contributed by atoms with Crippen molar-refractivity contribution in [1.29, 1.82) is 0 Å². The summed E-state index contributed by atoms with van der Waals surface area (Å²) in [5.74, 6) is -1.11. The summed E-state index contributed by atoms with van der Waals surface area (Å²) in [5, 5.41) is 16.9. The Balaban J connectivity index is 2.41. The number of carbonyl (C=O) groups is 2. The third kappa shape index (κ3) is 4.60. The first-order chi connectivity index (χ1) is 8.86. The standard InChI is InChI=1S/C12H19N3O3S/c1-4-14-12(2,3)11(18)13-6-5-9-15-8(7-19-9)10(16)17/h7,14H,4-6H2,1-3H3,(H,13,18)(H,16,17). The van der Waals surface area contributed by atoms with Gasteiger partial charge in [0.05, 0.1) is 10.5 Å². The van der Waals surface area contributed by atoms with Gasteiger partial charge >= 0.3 is 5.97 Å². The van der Waals surface area contributed by atoms with Gasteiger partial charge < -0.3 is 15.7 Å². The number of carboxylic acids is 1. The smallest absolute Gasteiger partial charge is 0.355 e. The molecule has 0 bridgehead atoms. The van der Waals surface area contributed by atoms with Crippen LogP contribution in [0.3, 0.4) is 0 Å². The molecule has 1 rings (SSSR count). The van der Waals surface area contributed by atoms with E-state index in [1.54, 1.807) is 0 Å². The number of thiazole rings is 1. The molecule has 0 aromatic carbocycles. The van der Waals surface area contributed by atoms with Gasteiger partial charge in [0, 0.05) is 18.3 Å². The van der Waals surface area contributed by atoms with Gasteiger partial charge in [-0.25, -0.2) is 9.78 Å². The van der Waals surface area contributed by atoms with Crippen LogP contribution < -0.4 is 10.6 Å². The first-order valence-electron chi connectivity index (χ1n) is 6.08. The maximum Gasteiger partial charge on any atom is 0.355 e. The van der Waals surface area contributed by atoms with E-state index in [-0.39, 0.29) is 11.6 Å². The topological polar surface area (TPSA) is 91.3 Å². The molecule has 1 heterocycles. The highest BCUT2D eigenvalue weighted by atomic mass is 32.1. The molecule has 0 atom stereocenters. The van der Waals surface area contributed by atoms with Crippen molar-refractivity contribution in [2.75, 3.05) is 13.1 Å². The van der Waals surface area contributed by atoms with Gasteiger partial charge in [0.2, 0.25) is 5.91 Å². The second-order valence-electron chi connectivity index (χ2n) is 4.59. The number of aromatic nitrogens is 1. The summed E-state index contributed by atoms with van der Waals surface area (Å²) in [6, 6.07) is 0. The van der Waals surface area contributed by atoms with Crippen LogP contribution in [0.4, 0.5) is 0 Å². The van der Waals surface area contributed by atoms with E-state index in [1.165, 1.54) is 16.7 Å². The molecule has 1 amide bonds. The maximum atomic E-state index is 11.9. The molecule has 0 radical (unpaired) electrons. The minimum atomic E-state index is -1.03. The number of amides is 1. The Morgan fingerprint density at radius 3 is 2.68 bits per heavy atom. The molecule has 7 heteroatoms. The van der Waals surface area contributed by atoms with E-state index in [9.17, 15) is 9.59 Å². The molecule has 0 spiro atoms. The molecule has 0 fully saturated rings. The van der Waals surface area contributed by atoms with Gasteiger partial charge in [-0.1, -0.05) is 6.92 Å². The lowest BCUT2D eigenvalue weighted by atomic mass is 10.0. The zero-order chi connectivity index (χ0) is 14.5. The summed E-state index contributed by atoms with van der Waals surface area (Å²) >= 11 is 1.29. The summed E-state index contributed by atoms with van der Waals surface area (Å²) in [4.78, 5) is 26.5. The number of rotatable bonds is 7. The average Bonchev–Trinajstić information content (AvgIpc) is 2.77. The summed E-state index contributed by atoms with van der Waals surface area (Å²) in [7, 11) is 0. The monoisotopic (exact) mass is 285 g/mol. The van der Waals surface area contributed by atoms with E-state index in [0.29, 0.717) is 18.0 Å². The molecule has 19 heavy (non-hydrogen) atoms. The predicted molar refractivity (Wildman–Crippen MR) is 73.5 cm³/mol. The lowest BCUT2D eigenvalue weighted by molar-refractivity contribution is -0.126. The van der Waals surface area contributed by atoms with Gasteiger partial charge in [0.1, 0.15) is 0 Å². The summed E-state index contributed by atoms with van der Waals surface area (Å²) in [5.41, 5.74) is -0.552. The van der Waals surface area contributed by atoms with Crippen LogP contribution in [0.2, 0.25) is 0 Å². The van der Waals surface area contributed by atoms with E-state index < -0.39 is 11.5 Å². The fourth-order valence-electron chi connectivity index (χ4n) is 1.55. The number of hydrogen-bond donors (Lipinski definition) is 3. The number of hydrogen-bond acceptors (Lipinski definition) is 5. The number of likely N-dealkylation sites (N-methyl/N-ethyl adjacent to an activating group) is 1. The van der Waals surface area contributed by atoms with E-state index in [4.69, 9.17) is 5.11 Å². The lowest BCUT2D eigenvalue weighted by Crippen LogP contribution is -2.52. The second-order valence-corrected chi connectivity index (χ2v) is 5.54. The Hall–Kier alpha value is -1.47. The van der Waals surface area contributed by atoms with Crippen LogP contribution in [0.15, 0.2) is 5.38 Å². The van der Waals surface area contributed by atoms with Crippen molar-refractivity contribution in [3.63, 3.8) is 0 Å². The SMILES string of the molecule is CCNC(C)(C)C(=O)NCCc1nc(C(=O)O)cs1. The normalized spacial score (nSPS) is 11.3. The third-order valence-corrected chi connectivity index (χ3v) is 3.49. The van der Waals surface area contributed by atoms with Crippen molar-refractivity contribution < 1.29 is 14.7 Å². The van der Waals surface area contributed by atoms with Crippen LogP contribution in [-0.4, -0.2) is 40.6 Å². The van der Waals surface area contributed by atoms with Gasteiger partial charge in [-0.05, 0) is 20.4 Å². The molecular weight excluding hydrogens is 266 g/mol. The van der Waals surface area contributed by atoms with Gasteiger partial charge in [-0.15, -0.1) is 11.3 Å². The predicted octanol–water partition coefficient (Wildman–Crippen LogP) is 0.888. The number of carboxylic acid groups (broad SMARTS) is 1. The molecule has 1 aromatic rings. The molecule has 3 N–H and O–H groups in total. The molecular formula is C12H19N3O3S. The van der Waals surface area contributed by atoms with E-state index in [1.807, 2.05) is 20.8 Å². The molecule has 0 aliphatic heterocycles. The van der Waals surface area contributed by atoms with E-state index in [0.717, 1.165) is 6.54 Å². The van der Waals surface area contributed by atoms with Crippen molar-refractivity contribution >= 4 is 23.2 Å². The van der Waals surface area contributed by atoms with Crippen LogP contribution in [0.1, 0.15) is 36.3 Å². The van der Waals surface area contributed by atoms with Gasteiger partial charge in [-0.3, -0.25) is 4.79 Å². The van der Waals surface area contributed by atoms with Crippen LogP contribution in [0.25, 0.3) is 0 Å². The summed E-state index contributed by atoms with van der Waals surface area (Å²) in [6.07, 6.45) is 0.534. The Kier molecular flexibility index (Phi) is 5.44. The van der Waals surface area contributed by atoms with Gasteiger partial charge in [0.25, 0.3) is 0 Å². The highest BCUT2D eigenvalue weighted by Gasteiger charge is 2.25. The fraction of sp³-hybridized carbons (Fsp3) is 0.583. The zero-order valence-corrected chi connectivity index (χ0v) is 12.1. The molecule has 0 saturated heterocycles. The minimum absolute atomic E-state index is 0.0549. The lowest BCUT2D eigenvalue weighted by Gasteiger charge is -2.24. The number of aromatic carboxylic acids is 1.